The van der Waals surface area contributed by atoms with Crippen molar-refractivity contribution < 1.29 is 14.6 Å². The van der Waals surface area contributed by atoms with Crippen molar-refractivity contribution in [3.05, 3.63) is 52.0 Å². The van der Waals surface area contributed by atoms with Crippen LogP contribution >= 0.6 is 15.9 Å². The van der Waals surface area contributed by atoms with Crippen LogP contribution in [0.1, 0.15) is 18.1 Å². The number of aliphatic hydroxyl groups excluding tert-OH is 1. The van der Waals surface area contributed by atoms with Gasteiger partial charge in [0.15, 0.2) is 11.5 Å². The average Bonchev–Trinajstić information content (AvgIpc) is 2.49. The smallest absolute Gasteiger partial charge is 0.169 e. The Bertz CT molecular complexity index is 596. The Morgan fingerprint density at radius 1 is 1.05 bits per heavy atom. The predicted octanol–water partition coefficient (Wildman–Crippen LogP) is 4.30. The molecule has 0 amide bonds. The highest BCUT2D eigenvalue weighted by Gasteiger charge is 2.10. The molecule has 0 aliphatic carbocycles. The van der Waals surface area contributed by atoms with Gasteiger partial charge in [0.1, 0.15) is 5.75 Å². The number of aliphatic hydroxyl groups is 1. The number of halogens is 1. The lowest BCUT2D eigenvalue weighted by atomic mass is 10.1. The molecular formula is C16H17BrO3. The second-order valence-corrected chi connectivity index (χ2v) is 5.27. The summed E-state index contributed by atoms with van der Waals surface area (Å²) in [6.45, 7) is 2.01. The van der Waals surface area contributed by atoms with Gasteiger partial charge in [-0.15, -0.1) is 0 Å². The molecule has 2 aromatic rings. The molecule has 20 heavy (non-hydrogen) atoms. The molecule has 0 heterocycles. The van der Waals surface area contributed by atoms with Crippen LogP contribution in [0.5, 0.6) is 17.2 Å². The lowest BCUT2D eigenvalue weighted by Crippen LogP contribution is -1.95. The van der Waals surface area contributed by atoms with Gasteiger partial charge in [-0.3, -0.25) is 0 Å². The van der Waals surface area contributed by atoms with Crippen molar-refractivity contribution in [1.82, 2.24) is 0 Å². The minimum atomic E-state index is -0.0792. The molecule has 0 bridgehead atoms. The third-order valence-corrected chi connectivity index (χ3v) is 3.54. The fourth-order valence-corrected chi connectivity index (χ4v) is 2.31. The molecule has 4 heteroatoms. The molecule has 0 saturated heterocycles. The van der Waals surface area contributed by atoms with Gasteiger partial charge in [-0.1, -0.05) is 28.9 Å². The highest BCUT2D eigenvalue weighted by Crippen LogP contribution is 2.34. The summed E-state index contributed by atoms with van der Waals surface area (Å²) in [5.41, 5.74) is 1.91. The topological polar surface area (TPSA) is 38.7 Å². The standard InChI is InChI=1S/C16H17BrO3/c1-3-11-4-6-15(16(8-11)19-2)20-14-7-5-13(17)9-12(14)10-18/h4-9,18H,3,10H2,1-2H3. The first kappa shape index (κ1) is 14.9. The molecule has 0 aliphatic rings. The molecule has 0 radical (unpaired) electrons. The second-order valence-electron chi connectivity index (χ2n) is 4.35. The average molecular weight is 337 g/mol. The quantitative estimate of drug-likeness (QED) is 0.884. The summed E-state index contributed by atoms with van der Waals surface area (Å²) in [4.78, 5) is 0. The molecule has 0 unspecified atom stereocenters. The monoisotopic (exact) mass is 336 g/mol. The Balaban J connectivity index is 2.34. The van der Waals surface area contributed by atoms with Crippen molar-refractivity contribution in [3.63, 3.8) is 0 Å². The number of hydrogen-bond acceptors (Lipinski definition) is 3. The van der Waals surface area contributed by atoms with Crippen LogP contribution in [0.25, 0.3) is 0 Å². The van der Waals surface area contributed by atoms with E-state index in [0.717, 1.165) is 16.5 Å². The Kier molecular flexibility index (Phi) is 5.04. The summed E-state index contributed by atoms with van der Waals surface area (Å²) in [7, 11) is 1.62. The van der Waals surface area contributed by atoms with Gasteiger partial charge in [-0.25, -0.2) is 0 Å². The van der Waals surface area contributed by atoms with E-state index >= 15 is 0 Å². The fraction of sp³-hybridized carbons (Fsp3) is 0.250. The number of methoxy groups -OCH3 is 1. The summed E-state index contributed by atoms with van der Waals surface area (Å²) in [5, 5.41) is 9.40. The van der Waals surface area contributed by atoms with Crippen molar-refractivity contribution in [1.29, 1.82) is 0 Å². The zero-order chi connectivity index (χ0) is 14.5. The van der Waals surface area contributed by atoms with Crippen LogP contribution in [-0.4, -0.2) is 12.2 Å². The van der Waals surface area contributed by atoms with Gasteiger partial charge in [0.25, 0.3) is 0 Å². The van der Waals surface area contributed by atoms with Crippen LogP contribution in [0.3, 0.4) is 0 Å². The van der Waals surface area contributed by atoms with Gasteiger partial charge >= 0.3 is 0 Å². The summed E-state index contributed by atoms with van der Waals surface area (Å²) in [6.07, 6.45) is 0.941. The van der Waals surface area contributed by atoms with Gasteiger partial charge < -0.3 is 14.6 Å². The number of hydrogen-bond donors (Lipinski definition) is 1. The van der Waals surface area contributed by atoms with Crippen LogP contribution in [-0.2, 0) is 13.0 Å². The van der Waals surface area contributed by atoms with Crippen molar-refractivity contribution in [3.8, 4) is 17.2 Å². The normalized spacial score (nSPS) is 10.4. The number of aryl methyl sites for hydroxylation is 1. The van der Waals surface area contributed by atoms with Crippen LogP contribution < -0.4 is 9.47 Å². The SMILES string of the molecule is CCc1ccc(Oc2ccc(Br)cc2CO)c(OC)c1. The maximum Gasteiger partial charge on any atom is 0.169 e. The van der Waals surface area contributed by atoms with Crippen molar-refractivity contribution in [2.75, 3.05) is 7.11 Å². The molecule has 0 atom stereocenters. The minimum absolute atomic E-state index is 0.0792. The number of benzene rings is 2. The Morgan fingerprint density at radius 3 is 2.45 bits per heavy atom. The van der Waals surface area contributed by atoms with Gasteiger partial charge in [-0.05, 0) is 42.3 Å². The minimum Gasteiger partial charge on any atom is -0.493 e. The van der Waals surface area contributed by atoms with E-state index in [-0.39, 0.29) is 6.61 Å². The third kappa shape index (κ3) is 3.32. The molecule has 2 aromatic carbocycles. The molecule has 0 aromatic heterocycles. The first-order valence-electron chi connectivity index (χ1n) is 6.42. The number of rotatable bonds is 5. The molecule has 0 spiro atoms. The third-order valence-electron chi connectivity index (χ3n) is 3.05. The Hall–Kier alpha value is -1.52. The van der Waals surface area contributed by atoms with E-state index in [2.05, 4.69) is 22.9 Å². The lowest BCUT2D eigenvalue weighted by molar-refractivity contribution is 0.275. The van der Waals surface area contributed by atoms with Gasteiger partial charge in [0.05, 0.1) is 13.7 Å². The fourth-order valence-electron chi connectivity index (χ4n) is 1.91. The predicted molar refractivity (Wildman–Crippen MR) is 82.5 cm³/mol. The van der Waals surface area contributed by atoms with E-state index in [0.29, 0.717) is 17.2 Å². The molecule has 0 aliphatic heterocycles. The lowest BCUT2D eigenvalue weighted by Gasteiger charge is -2.14. The van der Waals surface area contributed by atoms with Crippen LogP contribution in [0, 0.1) is 0 Å². The van der Waals surface area contributed by atoms with E-state index in [1.54, 1.807) is 7.11 Å². The van der Waals surface area contributed by atoms with E-state index in [1.165, 1.54) is 5.56 Å². The van der Waals surface area contributed by atoms with Gasteiger partial charge in [0.2, 0.25) is 0 Å². The summed E-state index contributed by atoms with van der Waals surface area (Å²) < 4.78 is 12.1. The maximum atomic E-state index is 9.40. The molecular weight excluding hydrogens is 320 g/mol. The summed E-state index contributed by atoms with van der Waals surface area (Å²) >= 11 is 3.38. The van der Waals surface area contributed by atoms with Crippen molar-refractivity contribution in [2.45, 2.75) is 20.0 Å². The molecule has 106 valence electrons. The molecule has 0 saturated carbocycles. The largest absolute Gasteiger partial charge is 0.493 e. The van der Waals surface area contributed by atoms with Crippen LogP contribution in [0.15, 0.2) is 40.9 Å². The molecule has 0 fully saturated rings. The number of ether oxygens (including phenoxy) is 2. The first-order chi connectivity index (χ1) is 9.67. The van der Waals surface area contributed by atoms with E-state index in [1.807, 2.05) is 36.4 Å². The van der Waals surface area contributed by atoms with Crippen LogP contribution in [0.4, 0.5) is 0 Å². The second kappa shape index (κ2) is 6.77. The summed E-state index contributed by atoms with van der Waals surface area (Å²) in [5.74, 6) is 1.95. The molecule has 2 rings (SSSR count). The van der Waals surface area contributed by atoms with Crippen molar-refractivity contribution >= 4 is 15.9 Å². The zero-order valence-electron chi connectivity index (χ0n) is 11.5. The molecule has 1 N–H and O–H groups in total. The van der Waals surface area contributed by atoms with E-state index < -0.39 is 0 Å². The van der Waals surface area contributed by atoms with E-state index in [4.69, 9.17) is 9.47 Å². The summed E-state index contributed by atoms with van der Waals surface area (Å²) in [6, 6.07) is 11.4. The van der Waals surface area contributed by atoms with Crippen molar-refractivity contribution in [2.24, 2.45) is 0 Å². The van der Waals surface area contributed by atoms with Crippen LogP contribution in [0.2, 0.25) is 0 Å². The first-order valence-corrected chi connectivity index (χ1v) is 7.21. The Morgan fingerprint density at radius 2 is 1.80 bits per heavy atom. The molecule has 3 nitrogen and oxygen atoms in total. The van der Waals surface area contributed by atoms with E-state index in [9.17, 15) is 5.11 Å². The zero-order valence-corrected chi connectivity index (χ0v) is 13.1. The van der Waals surface area contributed by atoms with Gasteiger partial charge in [-0.2, -0.15) is 0 Å². The highest BCUT2D eigenvalue weighted by molar-refractivity contribution is 9.10. The Labute approximate surface area is 127 Å². The van der Waals surface area contributed by atoms with Gasteiger partial charge in [0, 0.05) is 10.0 Å². The highest BCUT2D eigenvalue weighted by atomic mass is 79.9. The maximum absolute atomic E-state index is 9.40.